The minimum atomic E-state index is -0.747. The van der Waals surface area contributed by atoms with E-state index in [-0.39, 0.29) is 17.0 Å². The fourth-order valence-corrected chi connectivity index (χ4v) is 3.32. The molecule has 0 spiro atoms. The van der Waals surface area contributed by atoms with Gasteiger partial charge in [-0.1, -0.05) is 11.6 Å². The molecule has 0 saturated carbocycles. The second-order valence-electron chi connectivity index (χ2n) is 5.80. The highest BCUT2D eigenvalue weighted by Gasteiger charge is 2.20. The highest BCUT2D eigenvalue weighted by atomic mass is 79.9. The summed E-state index contributed by atoms with van der Waals surface area (Å²) in [6, 6.07) is 7.42. The molecular formula is C17H9BrClN5O4. The van der Waals surface area contributed by atoms with E-state index in [1.54, 1.807) is 31.3 Å². The second kappa shape index (κ2) is 6.80. The fourth-order valence-electron chi connectivity index (χ4n) is 2.75. The van der Waals surface area contributed by atoms with Gasteiger partial charge in [-0.3, -0.25) is 10.1 Å². The van der Waals surface area contributed by atoms with Gasteiger partial charge < -0.3 is 4.42 Å². The number of nitrogens with zero attached hydrogens (tertiary/aromatic N) is 5. The Balaban J connectivity index is 1.98. The van der Waals surface area contributed by atoms with Gasteiger partial charge in [-0.05, 0) is 40.5 Å². The summed E-state index contributed by atoms with van der Waals surface area (Å²) in [7, 11) is 0. The lowest BCUT2D eigenvalue weighted by atomic mass is 10.1. The number of rotatable bonds is 3. The number of pyridine rings is 1. The van der Waals surface area contributed by atoms with Crippen molar-refractivity contribution in [2.75, 3.05) is 0 Å². The number of halogens is 2. The summed E-state index contributed by atoms with van der Waals surface area (Å²) >= 11 is 9.50. The Hall–Kier alpha value is -3.11. The minimum absolute atomic E-state index is 0.0191. The first-order valence-corrected chi connectivity index (χ1v) is 8.99. The van der Waals surface area contributed by atoms with Crippen molar-refractivity contribution in [1.29, 1.82) is 0 Å². The number of fused-ring (bicyclic) bond motifs is 1. The lowest BCUT2D eigenvalue weighted by Gasteiger charge is -2.08. The zero-order valence-corrected chi connectivity index (χ0v) is 16.4. The summed E-state index contributed by atoms with van der Waals surface area (Å²) < 4.78 is 7.19. The molecule has 3 aromatic heterocycles. The third-order valence-electron chi connectivity index (χ3n) is 3.96. The van der Waals surface area contributed by atoms with Crippen molar-refractivity contribution >= 4 is 44.1 Å². The Morgan fingerprint density at radius 1 is 1.32 bits per heavy atom. The van der Waals surface area contributed by atoms with Gasteiger partial charge in [0.15, 0.2) is 5.82 Å². The Labute approximate surface area is 169 Å². The molecular weight excluding hydrogens is 454 g/mol. The first-order chi connectivity index (χ1) is 13.3. The van der Waals surface area contributed by atoms with E-state index in [1.165, 1.54) is 10.7 Å². The van der Waals surface area contributed by atoms with Crippen LogP contribution in [0.1, 0.15) is 5.56 Å². The summed E-state index contributed by atoms with van der Waals surface area (Å²) in [5.41, 5.74) is 0.152. The van der Waals surface area contributed by atoms with Crippen LogP contribution < -0.4 is 5.63 Å². The molecule has 0 aliphatic rings. The highest BCUT2D eigenvalue weighted by Crippen LogP contribution is 2.29. The summed E-state index contributed by atoms with van der Waals surface area (Å²) in [4.78, 5) is 31.6. The molecule has 9 nitrogen and oxygen atoms in total. The van der Waals surface area contributed by atoms with Gasteiger partial charge in [-0.2, -0.15) is 5.10 Å². The monoisotopic (exact) mass is 461 g/mol. The van der Waals surface area contributed by atoms with Gasteiger partial charge in [-0.25, -0.2) is 19.4 Å². The number of hydrogen-bond donors (Lipinski definition) is 0. The van der Waals surface area contributed by atoms with Gasteiger partial charge in [0.2, 0.25) is 5.89 Å². The van der Waals surface area contributed by atoms with Crippen LogP contribution in [0.4, 0.5) is 5.69 Å². The third kappa shape index (κ3) is 3.06. The van der Waals surface area contributed by atoms with Crippen LogP contribution in [-0.2, 0) is 0 Å². The van der Waals surface area contributed by atoms with Crippen LogP contribution in [-0.4, -0.2) is 24.7 Å². The van der Waals surface area contributed by atoms with Gasteiger partial charge in [0, 0.05) is 24.4 Å². The largest absolute Gasteiger partial charge is 0.401 e. The molecule has 140 valence electrons. The molecule has 0 atom stereocenters. The lowest BCUT2D eigenvalue weighted by Crippen LogP contribution is -2.08. The molecule has 0 saturated heterocycles. The lowest BCUT2D eigenvalue weighted by molar-refractivity contribution is -0.384. The molecule has 0 N–H and O–H groups in total. The molecule has 4 aromatic rings. The predicted molar refractivity (Wildman–Crippen MR) is 105 cm³/mol. The molecule has 0 fully saturated rings. The van der Waals surface area contributed by atoms with Gasteiger partial charge >= 0.3 is 5.63 Å². The number of nitro groups is 1. The first-order valence-electron chi connectivity index (χ1n) is 7.82. The van der Waals surface area contributed by atoms with E-state index in [0.29, 0.717) is 32.2 Å². The smallest absolute Gasteiger partial charge is 0.347 e. The number of non-ortho nitro benzene ring substituents is 1. The van der Waals surface area contributed by atoms with Gasteiger partial charge in [0.1, 0.15) is 10.3 Å². The van der Waals surface area contributed by atoms with Crippen molar-refractivity contribution < 1.29 is 9.34 Å². The zero-order chi connectivity index (χ0) is 20.0. The number of aryl methyl sites for hydroxylation is 1. The molecule has 28 heavy (non-hydrogen) atoms. The van der Waals surface area contributed by atoms with Gasteiger partial charge in [0.05, 0.1) is 20.8 Å². The van der Waals surface area contributed by atoms with Crippen LogP contribution in [0.3, 0.4) is 0 Å². The van der Waals surface area contributed by atoms with Gasteiger partial charge in [0.25, 0.3) is 5.69 Å². The maximum absolute atomic E-state index is 12.5. The molecule has 4 rings (SSSR count). The van der Waals surface area contributed by atoms with Crippen LogP contribution >= 0.6 is 27.5 Å². The molecule has 0 bridgehead atoms. The SMILES string of the molecule is Cc1cc([N+](=O)[O-])cc2c(=O)oc(-c3cc(Br)nn3-c3ncccc3Cl)nc12. The molecule has 11 heteroatoms. The fraction of sp³-hybridized carbons (Fsp3) is 0.0588. The highest BCUT2D eigenvalue weighted by molar-refractivity contribution is 9.10. The van der Waals surface area contributed by atoms with E-state index in [1.807, 2.05) is 0 Å². The Bertz CT molecular complexity index is 1320. The summed E-state index contributed by atoms with van der Waals surface area (Å²) in [5, 5.41) is 15.7. The van der Waals surface area contributed by atoms with Crippen molar-refractivity contribution in [3.05, 3.63) is 72.3 Å². The molecule has 0 aliphatic carbocycles. The van der Waals surface area contributed by atoms with E-state index in [0.717, 1.165) is 6.07 Å². The average Bonchev–Trinajstić information content (AvgIpc) is 3.04. The van der Waals surface area contributed by atoms with Crippen molar-refractivity contribution in [3.8, 4) is 17.4 Å². The van der Waals surface area contributed by atoms with Crippen LogP contribution in [0.5, 0.6) is 0 Å². The van der Waals surface area contributed by atoms with Crippen molar-refractivity contribution in [2.45, 2.75) is 6.92 Å². The van der Waals surface area contributed by atoms with Crippen molar-refractivity contribution in [3.63, 3.8) is 0 Å². The Kier molecular flexibility index (Phi) is 4.44. The third-order valence-corrected chi connectivity index (χ3v) is 4.64. The van der Waals surface area contributed by atoms with Gasteiger partial charge in [-0.15, -0.1) is 0 Å². The van der Waals surface area contributed by atoms with Crippen LogP contribution in [0.25, 0.3) is 28.3 Å². The van der Waals surface area contributed by atoms with Crippen molar-refractivity contribution in [1.82, 2.24) is 19.7 Å². The number of benzene rings is 1. The predicted octanol–water partition coefficient (Wildman–Crippen LogP) is 4.07. The summed E-state index contributed by atoms with van der Waals surface area (Å²) in [6.45, 7) is 1.63. The molecule has 0 aliphatic heterocycles. The van der Waals surface area contributed by atoms with Crippen LogP contribution in [0.15, 0.2) is 50.3 Å². The van der Waals surface area contributed by atoms with E-state index >= 15 is 0 Å². The van der Waals surface area contributed by atoms with Crippen LogP contribution in [0, 0.1) is 17.0 Å². The summed E-state index contributed by atoms with van der Waals surface area (Å²) in [5.74, 6) is 0.309. The second-order valence-corrected chi connectivity index (χ2v) is 7.02. The quantitative estimate of drug-likeness (QED) is 0.333. The maximum atomic E-state index is 12.5. The molecule has 3 heterocycles. The molecule has 0 unspecified atom stereocenters. The standard InChI is InChI=1S/C17H9BrClN5O4/c1-8-5-9(24(26)27)6-10-14(8)21-16(28-17(10)25)12-7-13(18)22-23(12)15-11(19)3-2-4-20-15/h2-7H,1H3. The van der Waals surface area contributed by atoms with E-state index in [2.05, 4.69) is 31.0 Å². The molecule has 0 radical (unpaired) electrons. The average molecular weight is 463 g/mol. The maximum Gasteiger partial charge on any atom is 0.347 e. The zero-order valence-electron chi connectivity index (χ0n) is 14.1. The Morgan fingerprint density at radius 2 is 2.11 bits per heavy atom. The first kappa shape index (κ1) is 18.3. The number of hydrogen-bond acceptors (Lipinski definition) is 7. The normalized spacial score (nSPS) is 11.1. The van der Waals surface area contributed by atoms with E-state index in [4.69, 9.17) is 16.0 Å². The van der Waals surface area contributed by atoms with E-state index < -0.39 is 10.5 Å². The number of aromatic nitrogens is 4. The molecule has 1 aromatic carbocycles. The topological polar surface area (TPSA) is 117 Å². The van der Waals surface area contributed by atoms with Crippen LogP contribution in [0.2, 0.25) is 5.02 Å². The summed E-state index contributed by atoms with van der Waals surface area (Å²) in [6.07, 6.45) is 1.55. The van der Waals surface area contributed by atoms with E-state index in [9.17, 15) is 14.9 Å². The minimum Gasteiger partial charge on any atom is -0.401 e. The van der Waals surface area contributed by atoms with Crippen molar-refractivity contribution in [2.24, 2.45) is 0 Å². The Morgan fingerprint density at radius 3 is 2.82 bits per heavy atom. The molecule has 0 amide bonds. The number of nitro benzene ring substituents is 1.